The van der Waals surface area contributed by atoms with Crippen molar-refractivity contribution in [3.05, 3.63) is 39.9 Å². The molecule has 0 spiro atoms. The fourth-order valence-electron chi connectivity index (χ4n) is 1.97. The molecule has 108 valence electrons. The van der Waals surface area contributed by atoms with Crippen molar-refractivity contribution in [2.24, 2.45) is 0 Å². The molecule has 3 nitrogen and oxygen atoms in total. The molecule has 20 heavy (non-hydrogen) atoms. The second kappa shape index (κ2) is 5.47. The molecule has 2 rings (SSSR count). The van der Waals surface area contributed by atoms with E-state index in [1.807, 2.05) is 0 Å². The maximum Gasteiger partial charge on any atom is 0.412 e. The smallest absolute Gasteiger partial charge is 0.398 e. The number of hydrogen-bond acceptors (Lipinski definition) is 2. The van der Waals surface area contributed by atoms with Crippen molar-refractivity contribution >= 4 is 27.5 Å². The molecule has 0 bridgehead atoms. The van der Waals surface area contributed by atoms with Crippen molar-refractivity contribution in [3.63, 3.8) is 0 Å². The second-order valence-electron chi connectivity index (χ2n) is 4.46. The number of nitrogens with zero attached hydrogens (tertiary/aromatic N) is 1. The van der Waals surface area contributed by atoms with Gasteiger partial charge in [-0.05, 0) is 40.5 Å². The molecule has 0 aromatic heterocycles. The maximum atomic E-state index is 12.5. The summed E-state index contributed by atoms with van der Waals surface area (Å²) in [6, 6.07) is 4.74. The summed E-state index contributed by atoms with van der Waals surface area (Å²) in [6.07, 6.45) is -3.43. The first-order valence-corrected chi connectivity index (χ1v) is 6.69. The summed E-state index contributed by atoms with van der Waals surface area (Å²) in [5, 5.41) is 0. The molecule has 1 aliphatic heterocycles. The van der Waals surface area contributed by atoms with E-state index in [0.717, 1.165) is 6.08 Å². The zero-order valence-corrected chi connectivity index (χ0v) is 12.0. The summed E-state index contributed by atoms with van der Waals surface area (Å²) in [4.78, 5) is 13.5. The Balaban J connectivity index is 2.12. The van der Waals surface area contributed by atoms with E-state index in [0.29, 0.717) is 15.7 Å². The lowest BCUT2D eigenvalue weighted by atomic mass is 10.1. The molecule has 0 atom stereocenters. The minimum Gasteiger partial charge on any atom is -0.398 e. The van der Waals surface area contributed by atoms with Crippen molar-refractivity contribution < 1.29 is 18.0 Å². The first-order valence-electron chi connectivity index (χ1n) is 5.89. The molecular weight excluding hydrogens is 337 g/mol. The molecule has 0 saturated heterocycles. The molecule has 1 aromatic carbocycles. The maximum absolute atomic E-state index is 12.5. The molecule has 0 aliphatic carbocycles. The van der Waals surface area contributed by atoms with Gasteiger partial charge in [-0.1, -0.05) is 6.08 Å². The standard InChI is InChI=1S/C13H12BrF3N2O/c14-10-2-1-8(7-11(10)18)12(20)19-5-3-9(4-6-19)13(15,16)17/h1-3,7H,4-6,18H2. The third-order valence-corrected chi connectivity index (χ3v) is 3.83. The van der Waals surface area contributed by atoms with Crippen LogP contribution >= 0.6 is 15.9 Å². The van der Waals surface area contributed by atoms with E-state index in [4.69, 9.17) is 5.73 Å². The number of carbonyl (C=O) groups excluding carboxylic acids is 1. The Morgan fingerprint density at radius 2 is 2.05 bits per heavy atom. The van der Waals surface area contributed by atoms with Crippen LogP contribution in [0.25, 0.3) is 0 Å². The third kappa shape index (κ3) is 3.15. The number of alkyl halides is 3. The Morgan fingerprint density at radius 3 is 2.55 bits per heavy atom. The molecule has 1 aliphatic rings. The Labute approximate surface area is 122 Å². The lowest BCUT2D eigenvalue weighted by molar-refractivity contribution is -0.0957. The van der Waals surface area contributed by atoms with Crippen LogP contribution in [0.3, 0.4) is 0 Å². The molecule has 0 unspecified atom stereocenters. The molecule has 1 amide bonds. The van der Waals surface area contributed by atoms with Crippen LogP contribution in [-0.2, 0) is 0 Å². The van der Waals surface area contributed by atoms with Gasteiger partial charge in [0.1, 0.15) is 0 Å². The number of nitrogens with two attached hydrogens (primary N) is 1. The number of nitrogen functional groups attached to an aromatic ring is 1. The molecule has 1 aromatic rings. The fraction of sp³-hybridized carbons (Fsp3) is 0.308. The van der Waals surface area contributed by atoms with Crippen LogP contribution in [0.5, 0.6) is 0 Å². The van der Waals surface area contributed by atoms with Crippen molar-refractivity contribution in [1.29, 1.82) is 0 Å². The van der Waals surface area contributed by atoms with Crippen molar-refractivity contribution in [2.75, 3.05) is 18.8 Å². The number of halogens is 4. The highest BCUT2D eigenvalue weighted by atomic mass is 79.9. The van der Waals surface area contributed by atoms with Crippen LogP contribution in [0.4, 0.5) is 18.9 Å². The first kappa shape index (κ1) is 14.9. The van der Waals surface area contributed by atoms with E-state index in [2.05, 4.69) is 15.9 Å². The van der Waals surface area contributed by atoms with Gasteiger partial charge in [-0.25, -0.2) is 0 Å². The average Bonchev–Trinajstić information content (AvgIpc) is 2.40. The molecule has 0 radical (unpaired) electrons. The van der Waals surface area contributed by atoms with Crippen LogP contribution in [0.1, 0.15) is 16.8 Å². The van der Waals surface area contributed by atoms with Crippen molar-refractivity contribution in [2.45, 2.75) is 12.6 Å². The van der Waals surface area contributed by atoms with Gasteiger partial charge < -0.3 is 10.6 Å². The number of anilines is 1. The van der Waals surface area contributed by atoms with Crippen molar-refractivity contribution in [1.82, 2.24) is 4.90 Å². The summed E-state index contributed by atoms with van der Waals surface area (Å²) in [5.41, 5.74) is 5.90. The van der Waals surface area contributed by atoms with Crippen molar-refractivity contribution in [3.8, 4) is 0 Å². The molecule has 1 heterocycles. The molecule has 2 N–H and O–H groups in total. The Morgan fingerprint density at radius 1 is 1.35 bits per heavy atom. The quantitative estimate of drug-likeness (QED) is 0.624. The topological polar surface area (TPSA) is 46.3 Å². The van der Waals surface area contributed by atoms with Crippen LogP contribution in [-0.4, -0.2) is 30.1 Å². The Kier molecular flexibility index (Phi) is 4.08. The summed E-state index contributed by atoms with van der Waals surface area (Å²) >= 11 is 3.22. The zero-order chi connectivity index (χ0) is 14.9. The van der Waals surface area contributed by atoms with E-state index < -0.39 is 11.7 Å². The minimum absolute atomic E-state index is 0.0381. The van der Waals surface area contributed by atoms with Gasteiger partial charge in [0, 0.05) is 34.4 Å². The number of rotatable bonds is 1. The molecular formula is C13H12BrF3N2O. The van der Waals surface area contributed by atoms with Gasteiger partial charge in [0.2, 0.25) is 0 Å². The van der Waals surface area contributed by atoms with Gasteiger partial charge in [-0.3, -0.25) is 4.79 Å². The van der Waals surface area contributed by atoms with E-state index >= 15 is 0 Å². The number of carbonyl (C=O) groups is 1. The largest absolute Gasteiger partial charge is 0.412 e. The van der Waals surface area contributed by atoms with E-state index in [-0.39, 0.29) is 25.4 Å². The van der Waals surface area contributed by atoms with E-state index in [1.54, 1.807) is 12.1 Å². The lowest BCUT2D eigenvalue weighted by Crippen LogP contribution is -2.36. The van der Waals surface area contributed by atoms with Gasteiger partial charge in [0.25, 0.3) is 5.91 Å². The summed E-state index contributed by atoms with van der Waals surface area (Å²) < 4.78 is 38.2. The molecule has 0 fully saturated rings. The first-order chi connectivity index (χ1) is 9.29. The predicted octanol–water partition coefficient (Wildman–Crippen LogP) is 3.37. The van der Waals surface area contributed by atoms with Crippen LogP contribution in [0, 0.1) is 0 Å². The summed E-state index contributed by atoms with van der Waals surface area (Å²) in [6.45, 7) is 0.0176. The van der Waals surface area contributed by atoms with Crippen LogP contribution in [0.15, 0.2) is 34.3 Å². The predicted molar refractivity (Wildman–Crippen MR) is 73.2 cm³/mol. The fourth-order valence-corrected chi connectivity index (χ4v) is 2.22. The molecule has 0 saturated carbocycles. The highest BCUT2D eigenvalue weighted by Gasteiger charge is 2.35. The number of hydrogen-bond donors (Lipinski definition) is 1. The van der Waals surface area contributed by atoms with Gasteiger partial charge in [-0.15, -0.1) is 0 Å². The van der Waals surface area contributed by atoms with E-state index in [1.165, 1.54) is 11.0 Å². The van der Waals surface area contributed by atoms with Gasteiger partial charge >= 0.3 is 6.18 Å². The second-order valence-corrected chi connectivity index (χ2v) is 5.32. The van der Waals surface area contributed by atoms with Gasteiger partial charge in [-0.2, -0.15) is 13.2 Å². The monoisotopic (exact) mass is 348 g/mol. The summed E-state index contributed by atoms with van der Waals surface area (Å²) in [7, 11) is 0. The normalized spacial score (nSPS) is 16.0. The van der Waals surface area contributed by atoms with Crippen LogP contribution < -0.4 is 5.73 Å². The Bertz CT molecular complexity index is 569. The zero-order valence-electron chi connectivity index (χ0n) is 10.4. The number of benzene rings is 1. The molecule has 7 heteroatoms. The van der Waals surface area contributed by atoms with E-state index in [9.17, 15) is 18.0 Å². The average molecular weight is 349 g/mol. The van der Waals surface area contributed by atoms with Crippen LogP contribution in [0.2, 0.25) is 0 Å². The summed E-state index contributed by atoms with van der Waals surface area (Å²) in [5.74, 6) is -0.318. The van der Waals surface area contributed by atoms with Gasteiger partial charge in [0.15, 0.2) is 0 Å². The number of amides is 1. The van der Waals surface area contributed by atoms with Gasteiger partial charge in [0.05, 0.1) is 0 Å². The third-order valence-electron chi connectivity index (χ3n) is 3.10. The SMILES string of the molecule is Nc1cc(C(=O)N2CC=C(C(F)(F)F)CC2)ccc1Br. The minimum atomic E-state index is -4.31. The highest BCUT2D eigenvalue weighted by molar-refractivity contribution is 9.10. The Hall–Kier alpha value is -1.50. The highest BCUT2D eigenvalue weighted by Crippen LogP contribution is 2.30. The lowest BCUT2D eigenvalue weighted by Gasteiger charge is -2.27.